The fraction of sp³-hybridized carbons (Fsp3) is 0.318. The van der Waals surface area contributed by atoms with Crippen LogP contribution in [0.3, 0.4) is 0 Å². The Morgan fingerprint density at radius 1 is 0.967 bits per heavy atom. The number of hydrogen-bond acceptors (Lipinski definition) is 5. The van der Waals surface area contributed by atoms with Crippen LogP contribution in [0.1, 0.15) is 23.7 Å². The Morgan fingerprint density at radius 3 is 2.23 bits per heavy atom. The SMILES string of the molecule is CCc1ccc(Cc2csc(N3CCN(S(=O)(=O)c4ccc(F)cc4)CC3)n2)cc1. The quantitative estimate of drug-likeness (QED) is 0.577. The van der Waals surface area contributed by atoms with Crippen molar-refractivity contribution in [3.63, 3.8) is 0 Å². The van der Waals surface area contributed by atoms with Gasteiger partial charge in [0, 0.05) is 38.0 Å². The van der Waals surface area contributed by atoms with E-state index in [1.54, 1.807) is 11.3 Å². The lowest BCUT2D eigenvalue weighted by atomic mass is 10.1. The van der Waals surface area contributed by atoms with E-state index in [4.69, 9.17) is 4.98 Å². The van der Waals surface area contributed by atoms with Crippen molar-refractivity contribution in [3.05, 3.63) is 76.5 Å². The number of thiazole rings is 1. The number of sulfonamides is 1. The maximum atomic E-state index is 13.1. The van der Waals surface area contributed by atoms with Gasteiger partial charge in [0.05, 0.1) is 10.6 Å². The molecular formula is C22H24FN3O2S2. The van der Waals surface area contributed by atoms with E-state index in [0.717, 1.165) is 23.7 Å². The standard InChI is InChI=1S/C22H24FN3O2S2/c1-2-17-3-5-18(6-4-17)15-20-16-29-22(24-20)25-11-13-26(14-12-25)30(27,28)21-9-7-19(23)8-10-21/h3-10,16H,2,11-15H2,1H3. The smallest absolute Gasteiger partial charge is 0.243 e. The average Bonchev–Trinajstić information content (AvgIpc) is 3.23. The molecule has 0 amide bonds. The third-order valence-electron chi connectivity index (χ3n) is 5.32. The maximum absolute atomic E-state index is 13.1. The van der Waals surface area contributed by atoms with Gasteiger partial charge >= 0.3 is 0 Å². The van der Waals surface area contributed by atoms with Crippen LogP contribution in [0.25, 0.3) is 0 Å². The summed E-state index contributed by atoms with van der Waals surface area (Å²) in [6.45, 7) is 4.07. The molecule has 0 aliphatic carbocycles. The van der Waals surface area contributed by atoms with Crippen LogP contribution in [0.4, 0.5) is 9.52 Å². The van der Waals surface area contributed by atoms with Gasteiger partial charge in [0.25, 0.3) is 0 Å². The number of halogens is 1. The van der Waals surface area contributed by atoms with E-state index in [-0.39, 0.29) is 4.90 Å². The highest BCUT2D eigenvalue weighted by Gasteiger charge is 2.29. The van der Waals surface area contributed by atoms with Gasteiger partial charge < -0.3 is 4.90 Å². The number of anilines is 1. The molecule has 0 spiro atoms. The second-order valence-corrected chi connectivity index (χ2v) is 10.1. The zero-order valence-electron chi connectivity index (χ0n) is 16.8. The van der Waals surface area contributed by atoms with Crippen molar-refractivity contribution in [2.45, 2.75) is 24.7 Å². The van der Waals surface area contributed by atoms with E-state index >= 15 is 0 Å². The first-order valence-electron chi connectivity index (χ1n) is 9.98. The number of rotatable bonds is 6. The van der Waals surface area contributed by atoms with Crippen LogP contribution in [0.15, 0.2) is 58.8 Å². The molecule has 158 valence electrons. The normalized spacial score (nSPS) is 15.5. The summed E-state index contributed by atoms with van der Waals surface area (Å²) in [4.78, 5) is 7.02. The first-order chi connectivity index (χ1) is 14.5. The predicted molar refractivity (Wildman–Crippen MR) is 118 cm³/mol. The molecule has 1 aromatic heterocycles. The molecule has 0 radical (unpaired) electrons. The molecule has 8 heteroatoms. The van der Waals surface area contributed by atoms with Crippen molar-refractivity contribution in [1.29, 1.82) is 0 Å². The monoisotopic (exact) mass is 445 g/mol. The highest BCUT2D eigenvalue weighted by molar-refractivity contribution is 7.89. The van der Waals surface area contributed by atoms with Gasteiger partial charge in [-0.25, -0.2) is 17.8 Å². The fourth-order valence-corrected chi connectivity index (χ4v) is 5.80. The molecule has 30 heavy (non-hydrogen) atoms. The first kappa shape index (κ1) is 21.0. The zero-order chi connectivity index (χ0) is 21.1. The van der Waals surface area contributed by atoms with E-state index in [0.29, 0.717) is 26.2 Å². The van der Waals surface area contributed by atoms with Crippen LogP contribution < -0.4 is 4.90 Å². The molecule has 0 saturated carbocycles. The summed E-state index contributed by atoms with van der Waals surface area (Å²) in [5.41, 5.74) is 3.59. The Bertz CT molecular complexity index is 1090. The summed E-state index contributed by atoms with van der Waals surface area (Å²) < 4.78 is 40.1. The molecule has 3 aromatic rings. The average molecular weight is 446 g/mol. The summed E-state index contributed by atoms with van der Waals surface area (Å²) >= 11 is 1.59. The second-order valence-electron chi connectivity index (χ2n) is 7.31. The number of aromatic nitrogens is 1. The van der Waals surface area contributed by atoms with E-state index in [9.17, 15) is 12.8 Å². The molecule has 1 aliphatic heterocycles. The van der Waals surface area contributed by atoms with Gasteiger partial charge in [-0.3, -0.25) is 0 Å². The molecule has 4 rings (SSSR count). The summed E-state index contributed by atoms with van der Waals surface area (Å²) in [5.74, 6) is -0.445. The number of aryl methyl sites for hydroxylation is 1. The van der Waals surface area contributed by atoms with Crippen LogP contribution in [0.5, 0.6) is 0 Å². The fourth-order valence-electron chi connectivity index (χ4n) is 3.50. The Balaban J connectivity index is 1.38. The zero-order valence-corrected chi connectivity index (χ0v) is 18.4. The third-order valence-corrected chi connectivity index (χ3v) is 8.18. The lowest BCUT2D eigenvalue weighted by Crippen LogP contribution is -2.48. The minimum absolute atomic E-state index is 0.128. The van der Waals surface area contributed by atoms with Crippen molar-refractivity contribution >= 4 is 26.5 Å². The molecular weight excluding hydrogens is 421 g/mol. The Hall–Kier alpha value is -2.29. The van der Waals surface area contributed by atoms with Gasteiger partial charge in [0.15, 0.2) is 5.13 Å². The number of piperazine rings is 1. The Labute approximate surface area is 180 Å². The van der Waals surface area contributed by atoms with Gasteiger partial charge in [-0.1, -0.05) is 31.2 Å². The highest BCUT2D eigenvalue weighted by Crippen LogP contribution is 2.25. The molecule has 1 aliphatic rings. The molecule has 0 N–H and O–H groups in total. The van der Waals surface area contributed by atoms with Crippen molar-refractivity contribution in [2.75, 3.05) is 31.1 Å². The van der Waals surface area contributed by atoms with Gasteiger partial charge in [0.2, 0.25) is 10.0 Å². The van der Waals surface area contributed by atoms with E-state index < -0.39 is 15.8 Å². The molecule has 2 heterocycles. The van der Waals surface area contributed by atoms with Gasteiger partial charge in [-0.15, -0.1) is 11.3 Å². The summed E-state index contributed by atoms with van der Waals surface area (Å²) in [6, 6.07) is 13.6. The van der Waals surface area contributed by atoms with E-state index in [1.165, 1.54) is 39.7 Å². The Morgan fingerprint density at radius 2 is 1.60 bits per heavy atom. The van der Waals surface area contributed by atoms with Gasteiger partial charge in [-0.05, 0) is 41.8 Å². The van der Waals surface area contributed by atoms with Gasteiger partial charge in [0.1, 0.15) is 5.82 Å². The molecule has 2 aromatic carbocycles. The molecule has 0 atom stereocenters. The molecule has 0 unspecified atom stereocenters. The lowest BCUT2D eigenvalue weighted by molar-refractivity contribution is 0.384. The van der Waals surface area contributed by atoms with Gasteiger partial charge in [-0.2, -0.15) is 4.31 Å². The predicted octanol–water partition coefficient (Wildman–Crippen LogP) is 3.95. The van der Waals surface area contributed by atoms with Crippen molar-refractivity contribution in [3.8, 4) is 0 Å². The number of nitrogens with zero attached hydrogens (tertiary/aromatic N) is 3. The van der Waals surface area contributed by atoms with Crippen LogP contribution >= 0.6 is 11.3 Å². The summed E-state index contributed by atoms with van der Waals surface area (Å²) in [5, 5.41) is 3.00. The molecule has 1 saturated heterocycles. The highest BCUT2D eigenvalue weighted by atomic mass is 32.2. The molecule has 1 fully saturated rings. The van der Waals surface area contributed by atoms with Crippen LogP contribution in [-0.2, 0) is 22.9 Å². The second kappa shape index (κ2) is 8.83. The van der Waals surface area contributed by atoms with Crippen LogP contribution in [0.2, 0.25) is 0 Å². The van der Waals surface area contributed by atoms with Crippen LogP contribution in [-0.4, -0.2) is 43.9 Å². The van der Waals surface area contributed by atoms with Crippen molar-refractivity contribution in [2.24, 2.45) is 0 Å². The first-order valence-corrected chi connectivity index (χ1v) is 12.3. The molecule has 0 bridgehead atoms. The van der Waals surface area contributed by atoms with Crippen LogP contribution in [0, 0.1) is 5.82 Å². The number of benzene rings is 2. The maximum Gasteiger partial charge on any atom is 0.243 e. The third kappa shape index (κ3) is 4.55. The Kier molecular flexibility index (Phi) is 6.17. The minimum Gasteiger partial charge on any atom is -0.345 e. The van der Waals surface area contributed by atoms with Crippen molar-refractivity contribution in [1.82, 2.24) is 9.29 Å². The van der Waals surface area contributed by atoms with E-state index in [2.05, 4.69) is 41.5 Å². The minimum atomic E-state index is -3.60. The lowest BCUT2D eigenvalue weighted by Gasteiger charge is -2.33. The topological polar surface area (TPSA) is 53.5 Å². The van der Waals surface area contributed by atoms with E-state index in [1.807, 2.05) is 0 Å². The largest absolute Gasteiger partial charge is 0.345 e. The summed E-state index contributed by atoms with van der Waals surface area (Å²) in [6.07, 6.45) is 1.82. The summed E-state index contributed by atoms with van der Waals surface area (Å²) in [7, 11) is -3.60. The van der Waals surface area contributed by atoms with Crippen molar-refractivity contribution < 1.29 is 12.8 Å². The molecule has 5 nitrogen and oxygen atoms in total. The number of hydrogen-bond donors (Lipinski definition) is 0.